The van der Waals surface area contributed by atoms with E-state index in [4.69, 9.17) is 4.74 Å². The number of imidazole rings is 1. The smallest absolute Gasteiger partial charge is 0.274 e. The molecule has 1 aliphatic heterocycles. The normalized spacial score (nSPS) is 17.5. The summed E-state index contributed by atoms with van der Waals surface area (Å²) in [5.41, 5.74) is 3.10. The summed E-state index contributed by atoms with van der Waals surface area (Å²) in [5.74, 6) is 1.35. The fourth-order valence-corrected chi connectivity index (χ4v) is 3.69. The summed E-state index contributed by atoms with van der Waals surface area (Å²) < 4.78 is 7.25. The van der Waals surface area contributed by atoms with E-state index in [0.29, 0.717) is 11.6 Å². The summed E-state index contributed by atoms with van der Waals surface area (Å²) in [6.07, 6.45) is 4.19. The molecule has 1 unspecified atom stereocenters. The third-order valence-electron chi connectivity index (χ3n) is 5.04. The van der Waals surface area contributed by atoms with Crippen molar-refractivity contribution in [2.75, 3.05) is 20.2 Å². The van der Waals surface area contributed by atoms with Gasteiger partial charge >= 0.3 is 0 Å². The van der Waals surface area contributed by atoms with Crippen LogP contribution < -0.4 is 4.74 Å². The Morgan fingerprint density at radius 1 is 1.19 bits per heavy atom. The highest BCUT2D eigenvalue weighted by Gasteiger charge is 2.27. The number of piperidine rings is 1. The summed E-state index contributed by atoms with van der Waals surface area (Å²) in [7, 11) is 1.65. The van der Waals surface area contributed by atoms with Crippen LogP contribution in [-0.4, -0.2) is 40.4 Å². The number of fused-ring (bicyclic) bond motifs is 1. The molecule has 0 spiro atoms. The summed E-state index contributed by atoms with van der Waals surface area (Å²) in [5, 5.41) is 0. The first-order valence-electron chi connectivity index (χ1n) is 9.08. The fraction of sp³-hybridized carbons (Fsp3) is 0.333. The highest BCUT2D eigenvalue weighted by molar-refractivity contribution is 5.99. The van der Waals surface area contributed by atoms with Gasteiger partial charge in [0.1, 0.15) is 11.4 Å². The lowest BCUT2D eigenvalue weighted by atomic mass is 9.99. The van der Waals surface area contributed by atoms with Crippen LogP contribution in [0.4, 0.5) is 0 Å². The van der Waals surface area contributed by atoms with Crippen LogP contribution in [0.15, 0.2) is 48.7 Å². The van der Waals surface area contributed by atoms with Crippen LogP contribution in [0, 0.1) is 5.92 Å². The number of pyridine rings is 1. The molecule has 1 atom stereocenters. The molecule has 1 saturated heterocycles. The van der Waals surface area contributed by atoms with E-state index >= 15 is 0 Å². The lowest BCUT2D eigenvalue weighted by molar-refractivity contribution is 0.0678. The highest BCUT2D eigenvalue weighted by atomic mass is 16.5. The molecule has 1 aliphatic rings. The zero-order valence-electron chi connectivity index (χ0n) is 15.2. The molecule has 0 N–H and O–H groups in total. The Kier molecular flexibility index (Phi) is 4.37. The Bertz CT molecular complexity index is 930. The maximum Gasteiger partial charge on any atom is 0.274 e. The SMILES string of the molecule is COc1ccc(-c2c(C(=O)N3CCCC(C)C3)nc3ccccn23)cc1. The van der Waals surface area contributed by atoms with Gasteiger partial charge in [0.15, 0.2) is 5.69 Å². The van der Waals surface area contributed by atoms with Gasteiger partial charge in [-0.15, -0.1) is 0 Å². The van der Waals surface area contributed by atoms with Crippen molar-refractivity contribution >= 4 is 11.6 Å². The molecule has 0 radical (unpaired) electrons. The van der Waals surface area contributed by atoms with Crippen LogP contribution in [0.2, 0.25) is 0 Å². The first kappa shape index (κ1) is 16.6. The van der Waals surface area contributed by atoms with Gasteiger partial charge in [0.2, 0.25) is 0 Å². The average molecular weight is 349 g/mol. The van der Waals surface area contributed by atoms with Gasteiger partial charge in [0.25, 0.3) is 5.91 Å². The molecule has 0 bridgehead atoms. The quantitative estimate of drug-likeness (QED) is 0.721. The third kappa shape index (κ3) is 2.94. The number of aromatic nitrogens is 2. The van der Waals surface area contributed by atoms with Crippen LogP contribution in [0.5, 0.6) is 5.75 Å². The number of hydrogen-bond acceptors (Lipinski definition) is 3. The van der Waals surface area contributed by atoms with Gasteiger partial charge < -0.3 is 9.64 Å². The molecule has 1 fully saturated rings. The molecule has 0 saturated carbocycles. The van der Waals surface area contributed by atoms with E-state index in [9.17, 15) is 4.79 Å². The lowest BCUT2D eigenvalue weighted by Crippen LogP contribution is -2.39. The van der Waals surface area contributed by atoms with Crippen molar-refractivity contribution in [1.82, 2.24) is 14.3 Å². The first-order chi connectivity index (χ1) is 12.7. The van der Waals surface area contributed by atoms with Crippen LogP contribution >= 0.6 is 0 Å². The molecular weight excluding hydrogens is 326 g/mol. The van der Waals surface area contributed by atoms with E-state index < -0.39 is 0 Å². The minimum absolute atomic E-state index is 0.0195. The van der Waals surface area contributed by atoms with E-state index in [1.807, 2.05) is 58.0 Å². The predicted molar refractivity (Wildman–Crippen MR) is 101 cm³/mol. The molecule has 0 aliphatic carbocycles. The van der Waals surface area contributed by atoms with Gasteiger partial charge in [0.05, 0.1) is 12.8 Å². The van der Waals surface area contributed by atoms with Gasteiger partial charge in [0, 0.05) is 24.8 Å². The Labute approximate surface area is 153 Å². The van der Waals surface area contributed by atoms with E-state index in [1.54, 1.807) is 7.11 Å². The van der Waals surface area contributed by atoms with Gasteiger partial charge in [-0.2, -0.15) is 0 Å². The van der Waals surface area contributed by atoms with E-state index in [0.717, 1.165) is 42.2 Å². The molecule has 3 heterocycles. The summed E-state index contributed by atoms with van der Waals surface area (Å²) in [4.78, 5) is 19.9. The van der Waals surface area contributed by atoms with Crippen molar-refractivity contribution < 1.29 is 9.53 Å². The van der Waals surface area contributed by atoms with Gasteiger partial charge in [-0.1, -0.05) is 13.0 Å². The zero-order valence-corrected chi connectivity index (χ0v) is 15.2. The molecule has 3 aromatic rings. The number of ether oxygens (including phenoxy) is 1. The molecule has 26 heavy (non-hydrogen) atoms. The maximum atomic E-state index is 13.3. The van der Waals surface area contributed by atoms with E-state index in [-0.39, 0.29) is 5.91 Å². The second-order valence-corrected chi connectivity index (χ2v) is 6.96. The molecule has 2 aromatic heterocycles. The van der Waals surface area contributed by atoms with Crippen molar-refractivity contribution in [2.45, 2.75) is 19.8 Å². The second kappa shape index (κ2) is 6.83. The number of hydrogen-bond donors (Lipinski definition) is 0. The molecule has 5 heteroatoms. The third-order valence-corrected chi connectivity index (χ3v) is 5.04. The molecule has 1 amide bonds. The lowest BCUT2D eigenvalue weighted by Gasteiger charge is -2.30. The second-order valence-electron chi connectivity index (χ2n) is 6.96. The first-order valence-corrected chi connectivity index (χ1v) is 9.08. The summed E-state index contributed by atoms with van der Waals surface area (Å²) in [6.45, 7) is 3.81. The summed E-state index contributed by atoms with van der Waals surface area (Å²) in [6, 6.07) is 13.6. The number of nitrogens with zero attached hydrogens (tertiary/aromatic N) is 3. The largest absolute Gasteiger partial charge is 0.497 e. The Hall–Kier alpha value is -2.82. The predicted octanol–water partition coefficient (Wildman–Crippen LogP) is 3.88. The maximum absolute atomic E-state index is 13.3. The standard InChI is InChI=1S/C21H23N3O2/c1-15-6-5-12-23(14-15)21(25)19-20(16-8-10-17(26-2)11-9-16)24-13-4-3-7-18(24)22-19/h3-4,7-11,13,15H,5-6,12,14H2,1-2H3. The topological polar surface area (TPSA) is 46.8 Å². The molecule has 4 rings (SSSR count). The van der Waals surface area contributed by atoms with Crippen molar-refractivity contribution in [1.29, 1.82) is 0 Å². The van der Waals surface area contributed by atoms with Crippen molar-refractivity contribution in [3.05, 3.63) is 54.4 Å². The van der Waals surface area contributed by atoms with Crippen molar-refractivity contribution in [3.63, 3.8) is 0 Å². The van der Waals surface area contributed by atoms with Crippen LogP contribution in [0.3, 0.4) is 0 Å². The number of amides is 1. The summed E-state index contributed by atoms with van der Waals surface area (Å²) >= 11 is 0. The Balaban J connectivity index is 1.82. The van der Waals surface area contributed by atoms with Crippen molar-refractivity contribution in [2.24, 2.45) is 5.92 Å². The number of rotatable bonds is 3. The van der Waals surface area contributed by atoms with Gasteiger partial charge in [-0.05, 0) is 55.2 Å². The number of carbonyl (C=O) groups excluding carboxylic acids is 1. The number of likely N-dealkylation sites (tertiary alicyclic amines) is 1. The Morgan fingerprint density at radius 2 is 2.00 bits per heavy atom. The molecule has 5 nitrogen and oxygen atoms in total. The van der Waals surface area contributed by atoms with Crippen molar-refractivity contribution in [3.8, 4) is 17.0 Å². The average Bonchev–Trinajstić information content (AvgIpc) is 3.07. The number of methoxy groups -OCH3 is 1. The van der Waals surface area contributed by atoms with E-state index in [2.05, 4.69) is 11.9 Å². The minimum atomic E-state index is 0.0195. The van der Waals surface area contributed by atoms with Crippen LogP contribution in [-0.2, 0) is 0 Å². The minimum Gasteiger partial charge on any atom is -0.497 e. The van der Waals surface area contributed by atoms with Crippen LogP contribution in [0.1, 0.15) is 30.3 Å². The van der Waals surface area contributed by atoms with Crippen LogP contribution in [0.25, 0.3) is 16.9 Å². The Morgan fingerprint density at radius 3 is 2.73 bits per heavy atom. The van der Waals surface area contributed by atoms with Gasteiger partial charge in [-0.3, -0.25) is 9.20 Å². The molecular formula is C21H23N3O2. The fourth-order valence-electron chi connectivity index (χ4n) is 3.69. The van der Waals surface area contributed by atoms with Gasteiger partial charge in [-0.25, -0.2) is 4.98 Å². The molecule has 1 aromatic carbocycles. The number of carbonyl (C=O) groups is 1. The monoisotopic (exact) mass is 349 g/mol. The highest BCUT2D eigenvalue weighted by Crippen LogP contribution is 2.29. The zero-order chi connectivity index (χ0) is 18.1. The number of benzene rings is 1. The molecule has 134 valence electrons. The van der Waals surface area contributed by atoms with E-state index in [1.165, 1.54) is 6.42 Å².